The average Bonchev–Trinajstić information content (AvgIpc) is 2.46. The summed E-state index contributed by atoms with van der Waals surface area (Å²) in [6, 6.07) is 12.4. The smallest absolute Gasteiger partial charge is 0.123 e. The summed E-state index contributed by atoms with van der Waals surface area (Å²) in [7, 11) is 0. The van der Waals surface area contributed by atoms with Crippen molar-refractivity contribution in [3.8, 4) is 0 Å². The first-order valence-electron chi connectivity index (χ1n) is 7.59. The van der Waals surface area contributed by atoms with E-state index >= 15 is 0 Å². The molecule has 0 atom stereocenters. The molecular weight excluding hydrogens is 258 g/mol. The molecule has 2 aromatic rings. The maximum Gasteiger partial charge on any atom is 0.123 e. The second kappa shape index (κ2) is 5.06. The first-order valence-corrected chi connectivity index (χ1v) is 7.59. The Hall–Kier alpha value is -2.03. The van der Waals surface area contributed by atoms with E-state index < -0.39 is 0 Å². The van der Waals surface area contributed by atoms with Gasteiger partial charge in [0.05, 0.1) is 0 Å². The number of nitrogens with zero attached hydrogens (tertiary/aromatic N) is 1. The minimum Gasteiger partial charge on any atom is -0.384 e. The number of fused-ring (bicyclic) bond motifs is 1. The Bertz CT molecular complexity index is 678. The monoisotopic (exact) mass is 281 g/mol. The Morgan fingerprint density at radius 2 is 1.67 bits per heavy atom. The van der Waals surface area contributed by atoms with E-state index in [1.807, 2.05) is 12.1 Å². The fourth-order valence-corrected chi connectivity index (χ4v) is 3.15. The molecule has 0 unspecified atom stereocenters. The van der Waals surface area contributed by atoms with Crippen LogP contribution in [-0.4, -0.2) is 18.9 Å². The summed E-state index contributed by atoms with van der Waals surface area (Å²) in [5.74, 6) is 0.137. The van der Waals surface area contributed by atoms with E-state index in [1.165, 1.54) is 23.9 Å². The fourth-order valence-electron chi connectivity index (χ4n) is 3.15. The van der Waals surface area contributed by atoms with Crippen LogP contribution in [0.2, 0.25) is 0 Å². The number of rotatable bonds is 2. The van der Waals surface area contributed by atoms with Crippen LogP contribution in [0.15, 0.2) is 36.4 Å². The van der Waals surface area contributed by atoms with Crippen LogP contribution in [0.25, 0.3) is 10.8 Å². The Labute approximate surface area is 126 Å². The van der Waals surface area contributed by atoms with Gasteiger partial charge in [0.1, 0.15) is 5.84 Å². The molecule has 0 spiro atoms. The summed E-state index contributed by atoms with van der Waals surface area (Å²) in [5.41, 5.74) is 8.26. The van der Waals surface area contributed by atoms with Gasteiger partial charge in [0.15, 0.2) is 0 Å². The van der Waals surface area contributed by atoms with Gasteiger partial charge in [0, 0.05) is 29.7 Å². The Kier molecular flexibility index (Phi) is 3.36. The van der Waals surface area contributed by atoms with E-state index in [-0.39, 0.29) is 5.84 Å². The molecule has 1 saturated heterocycles. The lowest BCUT2D eigenvalue weighted by Gasteiger charge is -2.38. The van der Waals surface area contributed by atoms with Crippen molar-refractivity contribution in [3.05, 3.63) is 42.0 Å². The molecule has 1 aliphatic heterocycles. The standard InChI is InChI=1S/C18H23N3/c1-18(2)9-11-21(12-10-18)16-8-7-15(17(19)20)13-5-3-4-6-14(13)16/h3-8H,9-12H2,1-2H3,(H3,19,20). The zero-order valence-corrected chi connectivity index (χ0v) is 12.8. The molecule has 1 heterocycles. The molecular formula is C18H23N3. The van der Waals surface area contributed by atoms with Gasteiger partial charge in [-0.25, -0.2) is 0 Å². The van der Waals surface area contributed by atoms with Crippen LogP contribution in [0, 0.1) is 10.8 Å². The second-order valence-corrected chi connectivity index (χ2v) is 6.74. The zero-order chi connectivity index (χ0) is 15.0. The number of hydrogen-bond acceptors (Lipinski definition) is 2. The molecule has 0 bridgehead atoms. The Morgan fingerprint density at radius 3 is 2.29 bits per heavy atom. The van der Waals surface area contributed by atoms with Gasteiger partial charge in [-0.1, -0.05) is 38.1 Å². The van der Waals surface area contributed by atoms with Crippen LogP contribution in [0.5, 0.6) is 0 Å². The van der Waals surface area contributed by atoms with Crippen LogP contribution < -0.4 is 10.6 Å². The highest BCUT2D eigenvalue weighted by Gasteiger charge is 2.26. The normalized spacial score (nSPS) is 17.9. The molecule has 1 aliphatic rings. The van der Waals surface area contributed by atoms with Gasteiger partial charge in [0.2, 0.25) is 0 Å². The van der Waals surface area contributed by atoms with E-state index in [1.54, 1.807) is 0 Å². The number of nitrogens with two attached hydrogens (primary N) is 1. The SMILES string of the molecule is CC1(C)CCN(c2ccc(C(=N)N)c3ccccc23)CC1. The lowest BCUT2D eigenvalue weighted by Crippen LogP contribution is -2.37. The van der Waals surface area contributed by atoms with Crippen molar-refractivity contribution in [2.24, 2.45) is 11.1 Å². The van der Waals surface area contributed by atoms with Gasteiger partial charge < -0.3 is 10.6 Å². The third-order valence-corrected chi connectivity index (χ3v) is 4.65. The number of piperidine rings is 1. The van der Waals surface area contributed by atoms with Gasteiger partial charge in [-0.3, -0.25) is 5.41 Å². The molecule has 110 valence electrons. The van der Waals surface area contributed by atoms with Crippen molar-refractivity contribution in [2.45, 2.75) is 26.7 Å². The largest absolute Gasteiger partial charge is 0.384 e. The molecule has 0 aromatic heterocycles. The summed E-state index contributed by atoms with van der Waals surface area (Å²) < 4.78 is 0. The maximum atomic E-state index is 7.75. The van der Waals surface area contributed by atoms with Gasteiger partial charge in [-0.15, -0.1) is 0 Å². The fraction of sp³-hybridized carbons (Fsp3) is 0.389. The van der Waals surface area contributed by atoms with Crippen molar-refractivity contribution in [2.75, 3.05) is 18.0 Å². The van der Waals surface area contributed by atoms with Crippen LogP contribution in [-0.2, 0) is 0 Å². The summed E-state index contributed by atoms with van der Waals surface area (Å²) in [6.45, 7) is 6.88. The van der Waals surface area contributed by atoms with Crippen molar-refractivity contribution < 1.29 is 0 Å². The molecule has 3 N–H and O–H groups in total. The third kappa shape index (κ3) is 2.60. The number of benzene rings is 2. The van der Waals surface area contributed by atoms with E-state index in [0.717, 1.165) is 24.0 Å². The highest BCUT2D eigenvalue weighted by Crippen LogP contribution is 2.35. The molecule has 21 heavy (non-hydrogen) atoms. The first-order chi connectivity index (χ1) is 9.98. The minimum absolute atomic E-state index is 0.137. The molecule has 3 heteroatoms. The molecule has 0 aliphatic carbocycles. The van der Waals surface area contributed by atoms with Crippen LogP contribution in [0.3, 0.4) is 0 Å². The molecule has 0 saturated carbocycles. The Balaban J connectivity index is 2.05. The average molecular weight is 281 g/mol. The Morgan fingerprint density at radius 1 is 1.05 bits per heavy atom. The van der Waals surface area contributed by atoms with Crippen molar-refractivity contribution in [1.29, 1.82) is 5.41 Å². The maximum absolute atomic E-state index is 7.75. The van der Waals surface area contributed by atoms with Gasteiger partial charge >= 0.3 is 0 Å². The predicted octanol–water partition coefficient (Wildman–Crippen LogP) is 3.75. The number of nitrogen functional groups attached to an aromatic ring is 1. The number of hydrogen-bond donors (Lipinski definition) is 2. The van der Waals surface area contributed by atoms with E-state index in [2.05, 4.69) is 43.0 Å². The summed E-state index contributed by atoms with van der Waals surface area (Å²) >= 11 is 0. The topological polar surface area (TPSA) is 53.1 Å². The highest BCUT2D eigenvalue weighted by atomic mass is 15.1. The summed E-state index contributed by atoms with van der Waals surface area (Å²) in [4.78, 5) is 2.47. The van der Waals surface area contributed by atoms with Gasteiger partial charge in [0.25, 0.3) is 0 Å². The lowest BCUT2D eigenvalue weighted by atomic mass is 9.82. The molecule has 3 nitrogen and oxygen atoms in total. The van der Waals surface area contributed by atoms with Crippen LogP contribution in [0.4, 0.5) is 5.69 Å². The summed E-state index contributed by atoms with van der Waals surface area (Å²) in [6.07, 6.45) is 2.44. The van der Waals surface area contributed by atoms with Crippen molar-refractivity contribution in [3.63, 3.8) is 0 Å². The van der Waals surface area contributed by atoms with Crippen molar-refractivity contribution >= 4 is 22.3 Å². The molecule has 3 rings (SSSR count). The van der Waals surface area contributed by atoms with Gasteiger partial charge in [-0.05, 0) is 35.8 Å². The third-order valence-electron chi connectivity index (χ3n) is 4.65. The minimum atomic E-state index is 0.137. The number of amidine groups is 1. The van der Waals surface area contributed by atoms with E-state index in [0.29, 0.717) is 5.41 Å². The quantitative estimate of drug-likeness (QED) is 0.650. The van der Waals surface area contributed by atoms with E-state index in [4.69, 9.17) is 11.1 Å². The first kappa shape index (κ1) is 13.9. The molecule has 2 aromatic carbocycles. The molecule has 0 amide bonds. The second-order valence-electron chi connectivity index (χ2n) is 6.74. The predicted molar refractivity (Wildman–Crippen MR) is 90.2 cm³/mol. The van der Waals surface area contributed by atoms with Crippen LogP contribution >= 0.6 is 0 Å². The number of anilines is 1. The van der Waals surface area contributed by atoms with Crippen LogP contribution in [0.1, 0.15) is 32.3 Å². The zero-order valence-electron chi connectivity index (χ0n) is 12.8. The molecule has 1 fully saturated rings. The van der Waals surface area contributed by atoms with Gasteiger partial charge in [-0.2, -0.15) is 0 Å². The summed E-state index contributed by atoms with van der Waals surface area (Å²) in [5, 5.41) is 10.0. The van der Waals surface area contributed by atoms with E-state index in [9.17, 15) is 0 Å². The molecule has 0 radical (unpaired) electrons. The number of nitrogens with one attached hydrogen (secondary N) is 1. The highest BCUT2D eigenvalue weighted by molar-refractivity contribution is 6.10. The van der Waals surface area contributed by atoms with Crippen molar-refractivity contribution in [1.82, 2.24) is 0 Å². The lowest BCUT2D eigenvalue weighted by molar-refractivity contribution is 0.280.